The van der Waals surface area contributed by atoms with Crippen LogP contribution in [0.5, 0.6) is 5.75 Å². The summed E-state index contributed by atoms with van der Waals surface area (Å²) in [6.07, 6.45) is 0. The van der Waals surface area contributed by atoms with E-state index in [0.717, 1.165) is 37.6 Å². The Hall–Kier alpha value is -3.23. The number of halogens is 1. The number of hydrogen-bond donors (Lipinski definition) is 3. The van der Waals surface area contributed by atoms with Crippen LogP contribution in [0.25, 0.3) is 10.9 Å². The van der Waals surface area contributed by atoms with Crippen LogP contribution in [-0.2, 0) is 9.53 Å². The Balaban J connectivity index is 1.48. The molecule has 9 heteroatoms. The number of quaternary nitrogens is 1. The molecule has 1 aliphatic rings. The second-order valence-electron chi connectivity index (χ2n) is 8.08. The molecule has 1 atom stereocenters. The summed E-state index contributed by atoms with van der Waals surface area (Å²) in [5.74, 6) is 0.130. The Bertz CT molecular complexity index is 1170. The third-order valence-corrected chi connectivity index (χ3v) is 6.47. The van der Waals surface area contributed by atoms with Gasteiger partial charge in [0.05, 0.1) is 51.8 Å². The van der Waals surface area contributed by atoms with Gasteiger partial charge in [-0.3, -0.25) is 4.79 Å². The molecule has 174 valence electrons. The van der Waals surface area contributed by atoms with Crippen LogP contribution in [0, 0.1) is 0 Å². The lowest BCUT2D eigenvalue weighted by atomic mass is 10.1. The van der Waals surface area contributed by atoms with Crippen molar-refractivity contribution in [2.45, 2.75) is 13.0 Å². The molecule has 0 unspecified atom stereocenters. The second-order valence-corrected chi connectivity index (χ2v) is 8.52. The first kappa shape index (κ1) is 22.9. The average Bonchev–Trinajstić information content (AvgIpc) is 3.20. The van der Waals surface area contributed by atoms with Gasteiger partial charge in [0.15, 0.2) is 6.04 Å². The minimum absolute atomic E-state index is 0.165. The monoisotopic (exact) mass is 471 g/mol. The number of fused-ring (bicyclic) bond motifs is 1. The quantitative estimate of drug-likeness (QED) is 0.480. The third-order valence-electron chi connectivity index (χ3n) is 6.24. The molecule has 0 bridgehead atoms. The molecule has 0 saturated carbocycles. The van der Waals surface area contributed by atoms with E-state index in [0.29, 0.717) is 21.6 Å². The van der Waals surface area contributed by atoms with E-state index in [9.17, 15) is 9.59 Å². The fraction of sp³-hybridized carbons (Fsp3) is 0.333. The van der Waals surface area contributed by atoms with Gasteiger partial charge in [-0.2, -0.15) is 0 Å². The van der Waals surface area contributed by atoms with Gasteiger partial charge >= 0.3 is 5.97 Å². The fourth-order valence-corrected chi connectivity index (χ4v) is 4.50. The first-order valence-corrected chi connectivity index (χ1v) is 11.2. The van der Waals surface area contributed by atoms with E-state index in [1.54, 1.807) is 25.3 Å². The van der Waals surface area contributed by atoms with Gasteiger partial charge in [-0.25, -0.2) is 4.79 Å². The number of amides is 1. The maximum absolute atomic E-state index is 13.2. The molecule has 33 heavy (non-hydrogen) atoms. The summed E-state index contributed by atoms with van der Waals surface area (Å²) >= 11 is 6.16. The lowest BCUT2D eigenvalue weighted by molar-refractivity contribution is -0.914. The summed E-state index contributed by atoms with van der Waals surface area (Å²) in [6, 6.07) is 12.9. The Morgan fingerprint density at radius 1 is 1.15 bits per heavy atom. The number of H-pyrrole nitrogens is 1. The standard InChI is InChI=1S/C24H27ClN4O4/c1-15(28-10-12-29(13-11-28)19-6-4-5-7-20(19)32-2)23(30)27-21-17-14-16(25)8-9-18(17)26-22(21)24(31)33-3/h4-9,14-15,26H,10-13H2,1-3H3,(H,27,30)/p+1/t15-/m0/s1. The van der Waals surface area contributed by atoms with Crippen LogP contribution in [-0.4, -0.2) is 63.3 Å². The summed E-state index contributed by atoms with van der Waals surface area (Å²) in [5.41, 5.74) is 2.35. The Morgan fingerprint density at radius 3 is 2.58 bits per heavy atom. The number of anilines is 2. The predicted molar refractivity (Wildman–Crippen MR) is 129 cm³/mol. The number of piperazine rings is 1. The van der Waals surface area contributed by atoms with Gasteiger partial charge in [-0.1, -0.05) is 23.7 Å². The van der Waals surface area contributed by atoms with Crippen LogP contribution >= 0.6 is 11.6 Å². The number of ether oxygens (including phenoxy) is 2. The molecule has 1 aromatic heterocycles. The smallest absolute Gasteiger partial charge is 0.356 e. The van der Waals surface area contributed by atoms with Crippen molar-refractivity contribution in [1.82, 2.24) is 4.98 Å². The average molecular weight is 472 g/mol. The van der Waals surface area contributed by atoms with E-state index >= 15 is 0 Å². The Morgan fingerprint density at radius 2 is 1.88 bits per heavy atom. The number of para-hydroxylation sites is 2. The molecule has 2 heterocycles. The van der Waals surface area contributed by atoms with Crippen molar-refractivity contribution in [2.24, 2.45) is 0 Å². The molecule has 8 nitrogen and oxygen atoms in total. The van der Waals surface area contributed by atoms with E-state index in [-0.39, 0.29) is 17.6 Å². The zero-order valence-corrected chi connectivity index (χ0v) is 19.7. The molecule has 3 aromatic rings. The lowest BCUT2D eigenvalue weighted by Crippen LogP contribution is -3.19. The van der Waals surface area contributed by atoms with Crippen molar-refractivity contribution >= 4 is 45.8 Å². The maximum atomic E-state index is 13.2. The third kappa shape index (κ3) is 4.62. The van der Waals surface area contributed by atoms with E-state index in [2.05, 4.69) is 21.3 Å². The number of carbonyl (C=O) groups excluding carboxylic acids is 2. The van der Waals surface area contributed by atoms with Crippen LogP contribution < -0.4 is 19.9 Å². The van der Waals surface area contributed by atoms with Crippen molar-refractivity contribution in [3.05, 3.63) is 53.2 Å². The number of aromatic amines is 1. The van der Waals surface area contributed by atoms with Crippen LogP contribution in [0.4, 0.5) is 11.4 Å². The molecule has 1 saturated heterocycles. The molecular weight excluding hydrogens is 444 g/mol. The number of aromatic nitrogens is 1. The summed E-state index contributed by atoms with van der Waals surface area (Å²) in [6.45, 7) is 5.13. The topological polar surface area (TPSA) is 88.1 Å². The minimum Gasteiger partial charge on any atom is -0.495 e. The number of nitrogens with zero attached hydrogens (tertiary/aromatic N) is 1. The summed E-state index contributed by atoms with van der Waals surface area (Å²) in [7, 11) is 2.98. The highest BCUT2D eigenvalue weighted by atomic mass is 35.5. The van der Waals surface area contributed by atoms with Gasteiger partial charge in [0.1, 0.15) is 11.4 Å². The number of rotatable bonds is 6. The van der Waals surface area contributed by atoms with Gasteiger partial charge in [-0.05, 0) is 37.3 Å². The normalized spacial score (nSPS) is 15.3. The summed E-state index contributed by atoms with van der Waals surface area (Å²) < 4.78 is 10.4. The zero-order chi connectivity index (χ0) is 23.5. The van der Waals surface area contributed by atoms with Gasteiger partial charge in [0.2, 0.25) is 0 Å². The first-order valence-electron chi connectivity index (χ1n) is 10.9. The van der Waals surface area contributed by atoms with Crippen molar-refractivity contribution in [2.75, 3.05) is 50.6 Å². The van der Waals surface area contributed by atoms with Crippen LogP contribution in [0.15, 0.2) is 42.5 Å². The molecule has 1 fully saturated rings. The molecule has 1 amide bonds. The van der Waals surface area contributed by atoms with Crippen LogP contribution in [0.3, 0.4) is 0 Å². The number of benzene rings is 2. The van der Waals surface area contributed by atoms with Gasteiger partial charge < -0.3 is 29.6 Å². The molecular formula is C24H28ClN4O4+. The zero-order valence-electron chi connectivity index (χ0n) is 18.9. The number of hydrogen-bond acceptors (Lipinski definition) is 5. The molecule has 3 N–H and O–H groups in total. The molecule has 2 aromatic carbocycles. The van der Waals surface area contributed by atoms with E-state index in [1.807, 2.05) is 25.1 Å². The molecule has 4 rings (SSSR count). The van der Waals surface area contributed by atoms with E-state index in [4.69, 9.17) is 21.1 Å². The Labute approximate surface area is 197 Å². The second kappa shape index (κ2) is 9.72. The lowest BCUT2D eigenvalue weighted by Gasteiger charge is -2.36. The number of methoxy groups -OCH3 is 2. The first-order chi connectivity index (χ1) is 15.9. The number of carbonyl (C=O) groups is 2. The molecule has 0 aliphatic carbocycles. The highest BCUT2D eigenvalue weighted by Crippen LogP contribution is 2.31. The van der Waals surface area contributed by atoms with E-state index in [1.165, 1.54) is 12.0 Å². The Kier molecular flexibility index (Phi) is 6.76. The van der Waals surface area contributed by atoms with Gasteiger partial charge in [0.25, 0.3) is 5.91 Å². The largest absolute Gasteiger partial charge is 0.495 e. The van der Waals surface area contributed by atoms with Crippen molar-refractivity contribution in [1.29, 1.82) is 0 Å². The fourth-order valence-electron chi connectivity index (χ4n) is 4.32. The van der Waals surface area contributed by atoms with Crippen molar-refractivity contribution in [3.8, 4) is 5.75 Å². The van der Waals surface area contributed by atoms with Gasteiger partial charge in [-0.15, -0.1) is 0 Å². The SMILES string of the molecule is COC(=O)c1[nH]c2ccc(Cl)cc2c1NC(=O)[C@H](C)[NH+]1CCN(c2ccccc2OC)CC1. The van der Waals surface area contributed by atoms with Crippen molar-refractivity contribution < 1.29 is 24.0 Å². The highest BCUT2D eigenvalue weighted by molar-refractivity contribution is 6.31. The van der Waals surface area contributed by atoms with Crippen LogP contribution in [0.1, 0.15) is 17.4 Å². The maximum Gasteiger partial charge on any atom is 0.356 e. The van der Waals surface area contributed by atoms with Gasteiger partial charge in [0, 0.05) is 15.9 Å². The summed E-state index contributed by atoms with van der Waals surface area (Å²) in [5, 5.41) is 4.13. The summed E-state index contributed by atoms with van der Waals surface area (Å²) in [4.78, 5) is 32.0. The predicted octanol–water partition coefficient (Wildman–Crippen LogP) is 2.35. The van der Waals surface area contributed by atoms with Crippen LogP contribution in [0.2, 0.25) is 5.02 Å². The molecule has 0 radical (unpaired) electrons. The molecule has 1 aliphatic heterocycles. The number of esters is 1. The minimum atomic E-state index is -0.553. The highest BCUT2D eigenvalue weighted by Gasteiger charge is 2.31. The number of nitrogens with one attached hydrogen (secondary N) is 3. The van der Waals surface area contributed by atoms with E-state index < -0.39 is 5.97 Å². The van der Waals surface area contributed by atoms with Crippen molar-refractivity contribution in [3.63, 3.8) is 0 Å². The molecule has 0 spiro atoms.